The summed E-state index contributed by atoms with van der Waals surface area (Å²) >= 11 is 5.85. The van der Waals surface area contributed by atoms with Crippen molar-refractivity contribution in [2.75, 3.05) is 18.4 Å². The van der Waals surface area contributed by atoms with Gasteiger partial charge in [-0.05, 0) is 56.0 Å². The van der Waals surface area contributed by atoms with Crippen LogP contribution in [-0.2, 0) is 4.79 Å². The minimum absolute atomic E-state index is 0. The molecule has 18 heavy (non-hydrogen) atoms. The average molecular weight is 289 g/mol. The van der Waals surface area contributed by atoms with Crippen LogP contribution < -0.4 is 10.6 Å². The molecule has 2 rings (SSSR count). The van der Waals surface area contributed by atoms with Crippen molar-refractivity contribution in [3.63, 3.8) is 0 Å². The molecule has 1 aliphatic rings. The first kappa shape index (κ1) is 15.3. The van der Waals surface area contributed by atoms with Crippen molar-refractivity contribution in [2.45, 2.75) is 19.8 Å². The maximum atomic E-state index is 11.6. The van der Waals surface area contributed by atoms with Gasteiger partial charge in [-0.25, -0.2) is 0 Å². The standard InChI is InChI=1S/C13H17ClN2O.ClH/c1-9-6-11(14)4-5-12(9)16-13(17)8-15-7-10-2-3-10;/h4-6,10,15H,2-3,7-8H2,1H3,(H,16,17);1H. The molecule has 0 aromatic heterocycles. The summed E-state index contributed by atoms with van der Waals surface area (Å²) < 4.78 is 0. The third-order valence-corrected chi connectivity index (χ3v) is 3.11. The van der Waals surface area contributed by atoms with Crippen molar-refractivity contribution >= 4 is 35.6 Å². The van der Waals surface area contributed by atoms with E-state index in [2.05, 4.69) is 10.6 Å². The van der Waals surface area contributed by atoms with E-state index in [4.69, 9.17) is 11.6 Å². The third kappa shape index (κ3) is 4.84. The number of amides is 1. The van der Waals surface area contributed by atoms with Gasteiger partial charge in [-0.1, -0.05) is 11.6 Å². The lowest BCUT2D eigenvalue weighted by Gasteiger charge is -2.09. The fourth-order valence-corrected chi connectivity index (χ4v) is 1.90. The highest BCUT2D eigenvalue weighted by Crippen LogP contribution is 2.27. The van der Waals surface area contributed by atoms with E-state index in [1.165, 1.54) is 12.8 Å². The Morgan fingerprint density at radius 2 is 2.17 bits per heavy atom. The highest BCUT2D eigenvalue weighted by Gasteiger charge is 2.20. The summed E-state index contributed by atoms with van der Waals surface area (Å²) in [7, 11) is 0. The van der Waals surface area contributed by atoms with Crippen molar-refractivity contribution < 1.29 is 4.79 Å². The van der Waals surface area contributed by atoms with Gasteiger partial charge in [0.05, 0.1) is 6.54 Å². The molecule has 0 unspecified atom stereocenters. The van der Waals surface area contributed by atoms with E-state index in [0.29, 0.717) is 11.6 Å². The van der Waals surface area contributed by atoms with Crippen LogP contribution in [0, 0.1) is 12.8 Å². The van der Waals surface area contributed by atoms with E-state index in [0.717, 1.165) is 23.7 Å². The first-order chi connectivity index (χ1) is 8.15. The Morgan fingerprint density at radius 3 is 2.78 bits per heavy atom. The van der Waals surface area contributed by atoms with Crippen molar-refractivity contribution in [1.29, 1.82) is 0 Å². The van der Waals surface area contributed by atoms with Gasteiger partial charge in [-0.2, -0.15) is 0 Å². The second-order valence-corrected chi connectivity index (χ2v) is 5.02. The second-order valence-electron chi connectivity index (χ2n) is 4.58. The lowest BCUT2D eigenvalue weighted by molar-refractivity contribution is -0.115. The number of hydrogen-bond acceptors (Lipinski definition) is 2. The molecule has 1 fully saturated rings. The number of hydrogen-bond donors (Lipinski definition) is 2. The molecule has 0 bridgehead atoms. The maximum Gasteiger partial charge on any atom is 0.238 e. The quantitative estimate of drug-likeness (QED) is 0.875. The average Bonchev–Trinajstić information content (AvgIpc) is 3.06. The van der Waals surface area contributed by atoms with Crippen molar-refractivity contribution in [3.8, 4) is 0 Å². The molecular weight excluding hydrogens is 271 g/mol. The van der Waals surface area contributed by atoms with Crippen LogP contribution in [0.15, 0.2) is 18.2 Å². The summed E-state index contributed by atoms with van der Waals surface area (Å²) in [4.78, 5) is 11.6. The van der Waals surface area contributed by atoms with Crippen LogP contribution in [-0.4, -0.2) is 19.0 Å². The third-order valence-electron chi connectivity index (χ3n) is 2.88. The Bertz CT molecular complexity index is 419. The van der Waals surface area contributed by atoms with Gasteiger partial charge in [0.1, 0.15) is 0 Å². The maximum absolute atomic E-state index is 11.6. The van der Waals surface area contributed by atoms with Gasteiger partial charge in [0.25, 0.3) is 0 Å². The number of anilines is 1. The van der Waals surface area contributed by atoms with Gasteiger partial charge in [-0.15, -0.1) is 12.4 Å². The van der Waals surface area contributed by atoms with Crippen LogP contribution in [0.1, 0.15) is 18.4 Å². The Balaban J connectivity index is 0.00000162. The summed E-state index contributed by atoms with van der Waals surface area (Å²) in [6.45, 7) is 3.25. The lowest BCUT2D eigenvalue weighted by Crippen LogP contribution is -2.29. The molecule has 3 nitrogen and oxygen atoms in total. The fraction of sp³-hybridized carbons (Fsp3) is 0.462. The molecule has 0 aliphatic heterocycles. The van der Waals surface area contributed by atoms with Crippen LogP contribution in [0.3, 0.4) is 0 Å². The first-order valence-corrected chi connectivity index (χ1v) is 6.29. The molecule has 1 amide bonds. The van der Waals surface area contributed by atoms with Gasteiger partial charge < -0.3 is 10.6 Å². The van der Waals surface area contributed by atoms with Crippen LogP contribution in [0.2, 0.25) is 5.02 Å². The molecule has 1 saturated carbocycles. The molecule has 100 valence electrons. The molecular formula is C13H18Cl2N2O. The fourth-order valence-electron chi connectivity index (χ4n) is 1.67. The molecule has 0 atom stereocenters. The SMILES string of the molecule is Cc1cc(Cl)ccc1NC(=O)CNCC1CC1.Cl. The predicted octanol–water partition coefficient (Wildman–Crippen LogP) is 3.01. The largest absolute Gasteiger partial charge is 0.325 e. The number of halogens is 2. The number of carbonyl (C=O) groups excluding carboxylic acids is 1. The number of rotatable bonds is 5. The minimum Gasteiger partial charge on any atom is -0.325 e. The Kier molecular flexibility index (Phi) is 5.93. The number of benzene rings is 1. The molecule has 0 saturated heterocycles. The minimum atomic E-state index is -0.00364. The van der Waals surface area contributed by atoms with E-state index in [9.17, 15) is 4.79 Å². The van der Waals surface area contributed by atoms with E-state index >= 15 is 0 Å². The Labute approximate surface area is 119 Å². The highest BCUT2D eigenvalue weighted by atomic mass is 35.5. The van der Waals surface area contributed by atoms with E-state index in [1.807, 2.05) is 19.1 Å². The zero-order valence-electron chi connectivity index (χ0n) is 10.3. The molecule has 5 heteroatoms. The second kappa shape index (κ2) is 6.98. The molecule has 0 spiro atoms. The van der Waals surface area contributed by atoms with E-state index in [-0.39, 0.29) is 18.3 Å². The van der Waals surface area contributed by atoms with Crippen LogP contribution in [0.4, 0.5) is 5.69 Å². The zero-order valence-corrected chi connectivity index (χ0v) is 11.9. The van der Waals surface area contributed by atoms with Gasteiger partial charge in [0.2, 0.25) is 5.91 Å². The Morgan fingerprint density at radius 1 is 1.44 bits per heavy atom. The number of aryl methyl sites for hydroxylation is 1. The van der Waals surface area contributed by atoms with Crippen LogP contribution in [0.5, 0.6) is 0 Å². The summed E-state index contributed by atoms with van der Waals surface area (Å²) in [5.41, 5.74) is 1.81. The van der Waals surface area contributed by atoms with E-state index < -0.39 is 0 Å². The van der Waals surface area contributed by atoms with Crippen molar-refractivity contribution in [3.05, 3.63) is 28.8 Å². The molecule has 0 radical (unpaired) electrons. The topological polar surface area (TPSA) is 41.1 Å². The Hall–Kier alpha value is -0.770. The van der Waals surface area contributed by atoms with E-state index in [1.54, 1.807) is 6.07 Å². The number of carbonyl (C=O) groups is 1. The van der Waals surface area contributed by atoms with Gasteiger partial charge in [0.15, 0.2) is 0 Å². The molecule has 0 heterocycles. The zero-order chi connectivity index (χ0) is 12.3. The van der Waals surface area contributed by atoms with Crippen LogP contribution in [0.25, 0.3) is 0 Å². The highest BCUT2D eigenvalue weighted by molar-refractivity contribution is 6.30. The lowest BCUT2D eigenvalue weighted by atomic mass is 10.2. The monoisotopic (exact) mass is 288 g/mol. The van der Waals surface area contributed by atoms with Gasteiger partial charge in [-0.3, -0.25) is 4.79 Å². The van der Waals surface area contributed by atoms with Crippen molar-refractivity contribution in [1.82, 2.24) is 5.32 Å². The number of nitrogens with one attached hydrogen (secondary N) is 2. The van der Waals surface area contributed by atoms with Crippen LogP contribution >= 0.6 is 24.0 Å². The summed E-state index contributed by atoms with van der Waals surface area (Å²) in [5, 5.41) is 6.72. The summed E-state index contributed by atoms with van der Waals surface area (Å²) in [5.74, 6) is 0.788. The normalized spacial score (nSPS) is 13.9. The summed E-state index contributed by atoms with van der Waals surface area (Å²) in [6, 6.07) is 5.45. The first-order valence-electron chi connectivity index (χ1n) is 5.92. The molecule has 1 aliphatic carbocycles. The predicted molar refractivity (Wildman–Crippen MR) is 77.7 cm³/mol. The molecule has 1 aromatic rings. The summed E-state index contributed by atoms with van der Waals surface area (Å²) in [6.07, 6.45) is 2.59. The smallest absolute Gasteiger partial charge is 0.238 e. The van der Waals surface area contributed by atoms with Gasteiger partial charge in [0, 0.05) is 10.7 Å². The van der Waals surface area contributed by atoms with Gasteiger partial charge >= 0.3 is 0 Å². The molecule has 2 N–H and O–H groups in total. The van der Waals surface area contributed by atoms with Crippen molar-refractivity contribution in [2.24, 2.45) is 5.92 Å². The molecule has 1 aromatic carbocycles.